The van der Waals surface area contributed by atoms with Gasteiger partial charge in [0.2, 0.25) is 5.69 Å². The van der Waals surface area contributed by atoms with E-state index in [4.69, 9.17) is 9.84 Å². The van der Waals surface area contributed by atoms with Gasteiger partial charge in [0.25, 0.3) is 5.56 Å². The molecule has 0 spiro atoms. The number of aromatic amines is 1. The number of aryl methyl sites for hydroxylation is 1. The van der Waals surface area contributed by atoms with Crippen molar-refractivity contribution in [2.24, 2.45) is 0 Å². The second-order valence-electron chi connectivity index (χ2n) is 5.93. The molecular weight excluding hydrogens is 366 g/mol. The maximum atomic E-state index is 12.0. The van der Waals surface area contributed by atoms with Crippen molar-refractivity contribution in [1.29, 1.82) is 0 Å². The molecule has 3 rings (SSSR count). The summed E-state index contributed by atoms with van der Waals surface area (Å²) in [4.78, 5) is 48.3. The lowest BCUT2D eigenvalue weighted by atomic mass is 10.1. The van der Waals surface area contributed by atoms with Crippen molar-refractivity contribution >= 4 is 11.9 Å². The zero-order valence-electron chi connectivity index (χ0n) is 13.9. The highest BCUT2D eigenvalue weighted by Gasteiger charge is 2.41. The summed E-state index contributed by atoms with van der Waals surface area (Å²) >= 11 is 0. The van der Waals surface area contributed by atoms with Crippen LogP contribution < -0.4 is 11.2 Å². The van der Waals surface area contributed by atoms with Gasteiger partial charge < -0.3 is 20.1 Å². The van der Waals surface area contributed by atoms with Crippen LogP contribution in [-0.2, 0) is 4.74 Å². The van der Waals surface area contributed by atoms with Crippen LogP contribution in [0.25, 0.3) is 0 Å². The summed E-state index contributed by atoms with van der Waals surface area (Å²) in [6, 6.07) is -0.897. The van der Waals surface area contributed by atoms with E-state index in [1.807, 2.05) is 0 Å². The number of nitrogens with one attached hydrogen (secondary N) is 1. The minimum Gasteiger partial charge on any atom is -0.476 e. The number of aliphatic hydroxyl groups excluding tert-OH is 1. The number of aromatic nitrogens is 5. The molecule has 1 saturated heterocycles. The largest absolute Gasteiger partial charge is 0.476 e. The molecule has 13 nitrogen and oxygen atoms in total. The van der Waals surface area contributed by atoms with Crippen molar-refractivity contribution in [1.82, 2.24) is 24.5 Å². The molecule has 1 aliphatic rings. The summed E-state index contributed by atoms with van der Waals surface area (Å²) in [7, 11) is 0. The van der Waals surface area contributed by atoms with Crippen LogP contribution in [0, 0.1) is 6.92 Å². The lowest BCUT2D eigenvalue weighted by Crippen LogP contribution is -2.33. The smallest absolute Gasteiger partial charge is 0.359 e. The molecule has 3 unspecified atom stereocenters. The van der Waals surface area contributed by atoms with Crippen molar-refractivity contribution in [3.8, 4) is 0 Å². The molecule has 0 saturated carbocycles. The van der Waals surface area contributed by atoms with Gasteiger partial charge >= 0.3 is 17.6 Å². The van der Waals surface area contributed by atoms with Gasteiger partial charge in [-0.2, -0.15) is 0 Å². The SMILES string of the molecule is Cc1cn(C2CC(n3nnc(C(=O)O)c3C(=O)O)C(CO)O2)c(=O)[nH]c1=O. The Labute approximate surface area is 149 Å². The number of aromatic carboxylic acids is 2. The van der Waals surface area contributed by atoms with E-state index in [2.05, 4.69) is 15.3 Å². The topological polar surface area (TPSA) is 190 Å². The van der Waals surface area contributed by atoms with Crippen LogP contribution in [0.4, 0.5) is 0 Å². The van der Waals surface area contributed by atoms with Crippen LogP contribution >= 0.6 is 0 Å². The van der Waals surface area contributed by atoms with Gasteiger partial charge in [-0.1, -0.05) is 5.21 Å². The van der Waals surface area contributed by atoms with E-state index in [1.54, 1.807) is 0 Å². The molecule has 1 fully saturated rings. The number of carbonyl (C=O) groups is 2. The quantitative estimate of drug-likeness (QED) is 0.467. The van der Waals surface area contributed by atoms with Crippen LogP contribution in [0.3, 0.4) is 0 Å². The van der Waals surface area contributed by atoms with Crippen LogP contribution in [-0.4, -0.2) is 64.5 Å². The average Bonchev–Trinajstić information content (AvgIpc) is 3.21. The van der Waals surface area contributed by atoms with Gasteiger partial charge in [0.1, 0.15) is 12.3 Å². The third kappa shape index (κ3) is 3.13. The maximum Gasteiger partial charge on any atom is 0.359 e. The average molecular weight is 381 g/mol. The standard InChI is InChI=1S/C14H15N5O8/c1-5-3-18(14(26)15-11(5)21)8-2-6(7(4-20)27-8)19-10(13(24)25)9(12(22)23)16-17-19/h3,6-8,20H,2,4H2,1H3,(H,22,23)(H,24,25)(H,15,21,26). The molecule has 2 aromatic rings. The number of rotatable bonds is 5. The van der Waals surface area contributed by atoms with Crippen molar-refractivity contribution in [2.45, 2.75) is 31.7 Å². The first-order valence-electron chi connectivity index (χ1n) is 7.74. The first-order valence-corrected chi connectivity index (χ1v) is 7.74. The minimum absolute atomic E-state index is 0.0146. The molecule has 1 aliphatic heterocycles. The van der Waals surface area contributed by atoms with Crippen LogP contribution in [0.2, 0.25) is 0 Å². The molecule has 0 radical (unpaired) electrons. The molecular formula is C14H15N5O8. The fourth-order valence-corrected chi connectivity index (χ4v) is 2.98. The second-order valence-corrected chi connectivity index (χ2v) is 5.93. The van der Waals surface area contributed by atoms with Gasteiger partial charge in [-0.3, -0.25) is 14.3 Å². The van der Waals surface area contributed by atoms with Gasteiger partial charge in [-0.15, -0.1) is 5.10 Å². The van der Waals surface area contributed by atoms with Crippen molar-refractivity contribution < 1.29 is 29.6 Å². The molecule has 13 heteroatoms. The van der Waals surface area contributed by atoms with Crippen LogP contribution in [0.15, 0.2) is 15.8 Å². The highest BCUT2D eigenvalue weighted by atomic mass is 16.5. The third-order valence-corrected chi connectivity index (χ3v) is 4.25. The summed E-state index contributed by atoms with van der Waals surface area (Å²) < 4.78 is 7.57. The number of carboxylic acids is 2. The third-order valence-electron chi connectivity index (χ3n) is 4.25. The monoisotopic (exact) mass is 381 g/mol. The first kappa shape index (κ1) is 18.5. The summed E-state index contributed by atoms with van der Waals surface area (Å²) in [5.74, 6) is -3.13. The molecule has 27 heavy (non-hydrogen) atoms. The number of nitrogens with zero attached hydrogens (tertiary/aromatic N) is 4. The van der Waals surface area contributed by atoms with Gasteiger partial charge in [-0.25, -0.2) is 19.1 Å². The molecule has 2 aromatic heterocycles. The highest BCUT2D eigenvalue weighted by molar-refractivity contribution is 5.98. The Morgan fingerprint density at radius 1 is 1.33 bits per heavy atom. The Morgan fingerprint density at radius 3 is 2.63 bits per heavy atom. The van der Waals surface area contributed by atoms with Gasteiger partial charge in [-0.05, 0) is 6.92 Å². The fourth-order valence-electron chi connectivity index (χ4n) is 2.98. The van der Waals surface area contributed by atoms with Gasteiger partial charge in [0.15, 0.2) is 5.69 Å². The molecule has 0 aromatic carbocycles. The Hall–Kier alpha value is -3.32. The zero-order valence-corrected chi connectivity index (χ0v) is 13.9. The molecule has 3 heterocycles. The Bertz CT molecular complexity index is 1020. The Balaban J connectivity index is 2.03. The lowest BCUT2D eigenvalue weighted by molar-refractivity contribution is -0.0325. The number of aliphatic hydroxyl groups is 1. The van der Waals surface area contributed by atoms with Crippen molar-refractivity contribution in [2.75, 3.05) is 6.61 Å². The van der Waals surface area contributed by atoms with Crippen molar-refractivity contribution in [3.63, 3.8) is 0 Å². The van der Waals surface area contributed by atoms with E-state index in [1.165, 1.54) is 13.1 Å². The van der Waals surface area contributed by atoms with E-state index >= 15 is 0 Å². The summed E-state index contributed by atoms with van der Waals surface area (Å²) in [6.45, 7) is 0.948. The zero-order chi connectivity index (χ0) is 19.9. The summed E-state index contributed by atoms with van der Waals surface area (Å²) in [6.07, 6.45) is -0.644. The van der Waals surface area contributed by atoms with E-state index < -0.39 is 59.6 Å². The van der Waals surface area contributed by atoms with Gasteiger partial charge in [0.05, 0.1) is 12.6 Å². The molecule has 3 atom stereocenters. The van der Waals surface area contributed by atoms with E-state index in [-0.39, 0.29) is 12.0 Å². The predicted octanol–water partition coefficient (Wildman–Crippen LogP) is -1.65. The van der Waals surface area contributed by atoms with Gasteiger partial charge in [0, 0.05) is 18.2 Å². The van der Waals surface area contributed by atoms with Crippen LogP contribution in [0.1, 0.15) is 45.2 Å². The molecule has 144 valence electrons. The number of carboxylic acid groups (broad SMARTS) is 2. The number of H-pyrrole nitrogens is 1. The molecule has 0 amide bonds. The van der Waals surface area contributed by atoms with Crippen LogP contribution in [0.5, 0.6) is 0 Å². The maximum absolute atomic E-state index is 12.0. The number of ether oxygens (including phenoxy) is 1. The molecule has 0 aliphatic carbocycles. The Morgan fingerprint density at radius 2 is 2.04 bits per heavy atom. The predicted molar refractivity (Wildman–Crippen MR) is 84.7 cm³/mol. The lowest BCUT2D eigenvalue weighted by Gasteiger charge is -2.16. The van der Waals surface area contributed by atoms with E-state index in [0.29, 0.717) is 0 Å². The summed E-state index contributed by atoms with van der Waals surface area (Å²) in [5, 5.41) is 35.0. The highest BCUT2D eigenvalue weighted by Crippen LogP contribution is 2.36. The molecule has 4 N–H and O–H groups in total. The number of hydrogen-bond acceptors (Lipinski definition) is 8. The fraction of sp³-hybridized carbons (Fsp3) is 0.429. The Kier molecular flexibility index (Phi) is 4.63. The first-order chi connectivity index (χ1) is 12.7. The van der Waals surface area contributed by atoms with Crippen molar-refractivity contribution in [3.05, 3.63) is 44.0 Å². The molecule has 0 bridgehead atoms. The van der Waals surface area contributed by atoms with E-state index in [9.17, 15) is 29.4 Å². The normalized spacial score (nSPS) is 22.1. The second kappa shape index (κ2) is 6.77. The summed E-state index contributed by atoms with van der Waals surface area (Å²) in [5.41, 5.74) is -2.46. The minimum atomic E-state index is -1.57. The number of hydrogen-bond donors (Lipinski definition) is 4. The van der Waals surface area contributed by atoms with E-state index in [0.717, 1.165) is 9.25 Å².